The van der Waals surface area contributed by atoms with Gasteiger partial charge in [-0.25, -0.2) is 0 Å². The third-order valence-corrected chi connectivity index (χ3v) is 2.33. The molecule has 0 N–H and O–H groups in total. The molecule has 0 atom stereocenters. The van der Waals surface area contributed by atoms with E-state index in [2.05, 4.69) is 10.1 Å². The van der Waals surface area contributed by atoms with Crippen LogP contribution >= 0.6 is 0 Å². The summed E-state index contributed by atoms with van der Waals surface area (Å²) in [7, 11) is 0. The highest BCUT2D eigenvalue weighted by Crippen LogP contribution is 2.32. The zero-order valence-corrected chi connectivity index (χ0v) is 9.07. The lowest BCUT2D eigenvalue weighted by atomic mass is 10.2. The molecular formula is C11H10F3N3. The van der Waals surface area contributed by atoms with Crippen molar-refractivity contribution in [2.24, 2.45) is 0 Å². The van der Waals surface area contributed by atoms with E-state index < -0.39 is 11.9 Å². The van der Waals surface area contributed by atoms with Gasteiger partial charge in [0, 0.05) is 24.5 Å². The zero-order valence-electron chi connectivity index (χ0n) is 9.07. The van der Waals surface area contributed by atoms with E-state index in [1.807, 2.05) is 0 Å². The summed E-state index contributed by atoms with van der Waals surface area (Å²) >= 11 is 0. The van der Waals surface area contributed by atoms with Crippen LogP contribution in [0, 0.1) is 0 Å². The van der Waals surface area contributed by atoms with Gasteiger partial charge in [-0.15, -0.1) is 0 Å². The average molecular weight is 241 g/mol. The van der Waals surface area contributed by atoms with Crippen molar-refractivity contribution in [2.45, 2.75) is 19.6 Å². The first kappa shape index (κ1) is 11.6. The van der Waals surface area contributed by atoms with Crippen molar-refractivity contribution in [2.75, 3.05) is 0 Å². The quantitative estimate of drug-likeness (QED) is 0.809. The highest BCUT2D eigenvalue weighted by atomic mass is 19.4. The Bertz CT molecular complexity index is 502. The van der Waals surface area contributed by atoms with Crippen LogP contribution in [0.15, 0.2) is 30.6 Å². The second-order valence-electron chi connectivity index (χ2n) is 3.47. The average Bonchev–Trinajstić information content (AvgIpc) is 2.74. The number of rotatable bonds is 2. The largest absolute Gasteiger partial charge is 0.433 e. The number of pyridine rings is 1. The maximum atomic E-state index is 12.7. The summed E-state index contributed by atoms with van der Waals surface area (Å²) < 4.78 is 39.0. The van der Waals surface area contributed by atoms with Crippen molar-refractivity contribution < 1.29 is 13.2 Å². The Morgan fingerprint density at radius 2 is 2.12 bits per heavy atom. The Kier molecular flexibility index (Phi) is 2.87. The molecule has 90 valence electrons. The molecule has 6 heteroatoms. The van der Waals surface area contributed by atoms with E-state index in [0.29, 0.717) is 5.56 Å². The van der Waals surface area contributed by atoms with Crippen LogP contribution in [-0.2, 0) is 12.7 Å². The third-order valence-electron chi connectivity index (χ3n) is 2.33. The number of aromatic nitrogens is 3. The molecule has 2 rings (SSSR count). The molecule has 0 saturated heterocycles. The number of aryl methyl sites for hydroxylation is 1. The number of nitrogens with zero attached hydrogens (tertiary/aromatic N) is 3. The molecule has 0 aliphatic carbocycles. The Morgan fingerprint density at radius 1 is 1.35 bits per heavy atom. The summed E-state index contributed by atoms with van der Waals surface area (Å²) in [6, 6.07) is 4.38. The Balaban J connectivity index is 2.49. The molecule has 2 aromatic heterocycles. The van der Waals surface area contributed by atoms with E-state index in [1.165, 1.54) is 6.20 Å². The van der Waals surface area contributed by atoms with E-state index in [4.69, 9.17) is 0 Å². The monoisotopic (exact) mass is 241 g/mol. The van der Waals surface area contributed by atoms with Crippen LogP contribution in [0.25, 0.3) is 11.3 Å². The van der Waals surface area contributed by atoms with Gasteiger partial charge in [0.25, 0.3) is 0 Å². The molecule has 0 aliphatic rings. The van der Waals surface area contributed by atoms with Crippen LogP contribution in [-0.4, -0.2) is 14.8 Å². The highest BCUT2D eigenvalue weighted by molar-refractivity contribution is 5.58. The maximum absolute atomic E-state index is 12.7. The van der Waals surface area contributed by atoms with Crippen molar-refractivity contribution in [3.05, 3.63) is 36.3 Å². The van der Waals surface area contributed by atoms with Crippen LogP contribution in [0.2, 0.25) is 0 Å². The zero-order chi connectivity index (χ0) is 12.5. The molecule has 17 heavy (non-hydrogen) atoms. The predicted octanol–water partition coefficient (Wildman–Crippen LogP) is 2.98. The molecule has 0 aliphatic heterocycles. The number of hydrogen-bond donors (Lipinski definition) is 0. The van der Waals surface area contributed by atoms with E-state index >= 15 is 0 Å². The smallest absolute Gasteiger partial charge is 0.264 e. The number of halogens is 3. The number of hydrogen-bond acceptors (Lipinski definition) is 2. The van der Waals surface area contributed by atoms with Gasteiger partial charge in [-0.3, -0.25) is 9.67 Å². The van der Waals surface area contributed by atoms with Crippen LogP contribution in [0.3, 0.4) is 0 Å². The summed E-state index contributed by atoms with van der Waals surface area (Å²) in [4.78, 5) is 3.86. The topological polar surface area (TPSA) is 30.7 Å². The van der Waals surface area contributed by atoms with E-state index in [-0.39, 0.29) is 12.2 Å². The Morgan fingerprint density at radius 3 is 2.59 bits per heavy atom. The van der Waals surface area contributed by atoms with Gasteiger partial charge in [0.15, 0.2) is 0 Å². The molecule has 0 spiro atoms. The first-order valence-electron chi connectivity index (χ1n) is 5.08. The SMILES string of the molecule is CCn1nc(-c2cccnc2)cc1C(F)(F)F. The van der Waals surface area contributed by atoms with E-state index in [0.717, 1.165) is 10.7 Å². The summed E-state index contributed by atoms with van der Waals surface area (Å²) in [6.07, 6.45) is -1.34. The van der Waals surface area contributed by atoms with Crippen molar-refractivity contribution in [1.82, 2.24) is 14.8 Å². The summed E-state index contributed by atoms with van der Waals surface area (Å²) in [5.41, 5.74) is 0.122. The van der Waals surface area contributed by atoms with Gasteiger partial charge in [0.05, 0.1) is 5.69 Å². The first-order valence-corrected chi connectivity index (χ1v) is 5.08. The van der Waals surface area contributed by atoms with Crippen molar-refractivity contribution in [3.63, 3.8) is 0 Å². The highest BCUT2D eigenvalue weighted by Gasteiger charge is 2.35. The fourth-order valence-corrected chi connectivity index (χ4v) is 1.54. The normalized spacial score (nSPS) is 11.8. The van der Waals surface area contributed by atoms with Crippen LogP contribution in [0.1, 0.15) is 12.6 Å². The van der Waals surface area contributed by atoms with Gasteiger partial charge in [-0.1, -0.05) is 0 Å². The molecule has 0 fully saturated rings. The number of alkyl halides is 3. The molecule has 2 heterocycles. The molecule has 0 unspecified atom stereocenters. The molecule has 0 bridgehead atoms. The standard InChI is InChI=1S/C11H10F3N3/c1-2-17-10(11(12,13)14)6-9(16-17)8-4-3-5-15-7-8/h3-7H,2H2,1H3. The fraction of sp³-hybridized carbons (Fsp3) is 0.273. The van der Waals surface area contributed by atoms with Crippen LogP contribution in [0.5, 0.6) is 0 Å². The third kappa shape index (κ3) is 2.30. The molecule has 0 radical (unpaired) electrons. The summed E-state index contributed by atoms with van der Waals surface area (Å²) in [6.45, 7) is 1.80. The van der Waals surface area contributed by atoms with Gasteiger partial charge < -0.3 is 0 Å². The van der Waals surface area contributed by atoms with Gasteiger partial charge >= 0.3 is 6.18 Å². The van der Waals surface area contributed by atoms with Gasteiger partial charge in [-0.05, 0) is 25.1 Å². The minimum Gasteiger partial charge on any atom is -0.264 e. The maximum Gasteiger partial charge on any atom is 0.433 e. The lowest BCUT2D eigenvalue weighted by molar-refractivity contribution is -0.144. The minimum absolute atomic E-state index is 0.176. The fourth-order valence-electron chi connectivity index (χ4n) is 1.54. The second-order valence-corrected chi connectivity index (χ2v) is 3.47. The Labute approximate surface area is 95.9 Å². The van der Waals surface area contributed by atoms with Crippen molar-refractivity contribution >= 4 is 0 Å². The van der Waals surface area contributed by atoms with Gasteiger partial charge in [0.2, 0.25) is 0 Å². The van der Waals surface area contributed by atoms with E-state index in [9.17, 15) is 13.2 Å². The summed E-state index contributed by atoms with van der Waals surface area (Å²) in [5, 5.41) is 3.92. The van der Waals surface area contributed by atoms with E-state index in [1.54, 1.807) is 25.3 Å². The predicted molar refractivity (Wildman–Crippen MR) is 56.1 cm³/mol. The Hall–Kier alpha value is -1.85. The molecule has 0 saturated carbocycles. The van der Waals surface area contributed by atoms with Gasteiger partial charge in [-0.2, -0.15) is 18.3 Å². The first-order chi connectivity index (χ1) is 8.02. The van der Waals surface area contributed by atoms with Crippen molar-refractivity contribution in [3.8, 4) is 11.3 Å². The molecule has 0 aromatic carbocycles. The lowest BCUT2D eigenvalue weighted by Gasteiger charge is -2.06. The van der Waals surface area contributed by atoms with Gasteiger partial charge in [0.1, 0.15) is 5.69 Å². The molecule has 3 nitrogen and oxygen atoms in total. The summed E-state index contributed by atoms with van der Waals surface area (Å²) in [5.74, 6) is 0. The van der Waals surface area contributed by atoms with Crippen LogP contribution in [0.4, 0.5) is 13.2 Å². The lowest BCUT2D eigenvalue weighted by Crippen LogP contribution is -2.13. The molecule has 2 aromatic rings. The minimum atomic E-state index is -4.39. The van der Waals surface area contributed by atoms with Crippen LogP contribution < -0.4 is 0 Å². The molecular weight excluding hydrogens is 231 g/mol. The molecule has 0 amide bonds. The second kappa shape index (κ2) is 4.20. The van der Waals surface area contributed by atoms with Crippen molar-refractivity contribution in [1.29, 1.82) is 0 Å².